The van der Waals surface area contributed by atoms with Crippen LogP contribution in [0.15, 0.2) is 18.6 Å². The van der Waals surface area contributed by atoms with Crippen molar-refractivity contribution in [3.8, 4) is 0 Å². The van der Waals surface area contributed by atoms with E-state index >= 15 is 0 Å². The van der Waals surface area contributed by atoms with Gasteiger partial charge in [0.05, 0.1) is 18.1 Å². The van der Waals surface area contributed by atoms with Gasteiger partial charge in [0.1, 0.15) is 5.82 Å². The van der Waals surface area contributed by atoms with E-state index < -0.39 is 0 Å². The van der Waals surface area contributed by atoms with Crippen molar-refractivity contribution in [2.75, 3.05) is 5.73 Å². The Morgan fingerprint density at radius 2 is 2.27 bits per heavy atom. The van der Waals surface area contributed by atoms with Gasteiger partial charge in [0.25, 0.3) is 0 Å². The van der Waals surface area contributed by atoms with Gasteiger partial charge in [0.2, 0.25) is 0 Å². The Kier molecular flexibility index (Phi) is 1.09. The van der Waals surface area contributed by atoms with Crippen LogP contribution >= 0.6 is 0 Å². The first-order valence-electron chi connectivity index (χ1n) is 3.32. The smallest absolute Gasteiger partial charge is 0.157 e. The fraction of sp³-hybridized carbons (Fsp3) is 0.143. The number of fused-ring (bicyclic) bond motifs is 1. The molecule has 4 heteroatoms. The highest BCUT2D eigenvalue weighted by molar-refractivity contribution is 5.45. The maximum Gasteiger partial charge on any atom is 0.157 e. The molecule has 2 rings (SSSR count). The third-order valence-corrected chi connectivity index (χ3v) is 1.53. The number of imidazole rings is 1. The molecule has 0 aromatic carbocycles. The second-order valence-electron chi connectivity index (χ2n) is 2.44. The first kappa shape index (κ1) is 6.15. The molecule has 4 nitrogen and oxygen atoms in total. The van der Waals surface area contributed by atoms with Crippen molar-refractivity contribution < 1.29 is 0 Å². The molecule has 2 aromatic heterocycles. The van der Waals surface area contributed by atoms with Crippen LogP contribution in [0.3, 0.4) is 0 Å². The fourth-order valence-electron chi connectivity index (χ4n) is 1.06. The normalized spacial score (nSPS) is 10.6. The largest absolute Gasteiger partial charge is 0.383 e. The Balaban J connectivity index is 2.90. The van der Waals surface area contributed by atoms with Crippen LogP contribution in [0.2, 0.25) is 0 Å². The number of nitrogens with two attached hydrogens (primary N) is 1. The third-order valence-electron chi connectivity index (χ3n) is 1.53. The van der Waals surface area contributed by atoms with E-state index in [9.17, 15) is 0 Å². The molecule has 0 aliphatic carbocycles. The molecule has 11 heavy (non-hydrogen) atoms. The minimum atomic E-state index is 0.614. The zero-order chi connectivity index (χ0) is 7.84. The second-order valence-corrected chi connectivity index (χ2v) is 2.44. The standard InChI is InChI=1S/C7H8N4/c1-5-4-11-6(8)2-9-3-7(11)10-5/h2-4H,8H2,1H3. The highest BCUT2D eigenvalue weighted by Gasteiger charge is 1.98. The van der Waals surface area contributed by atoms with E-state index in [0.717, 1.165) is 11.3 Å². The van der Waals surface area contributed by atoms with E-state index in [-0.39, 0.29) is 0 Å². The molecule has 0 saturated heterocycles. The Labute approximate surface area is 63.7 Å². The third kappa shape index (κ3) is 0.832. The molecule has 0 fully saturated rings. The fourth-order valence-corrected chi connectivity index (χ4v) is 1.06. The number of aromatic nitrogens is 3. The van der Waals surface area contributed by atoms with Crippen LogP contribution in [0, 0.1) is 6.92 Å². The predicted molar refractivity (Wildman–Crippen MR) is 42.1 cm³/mol. The number of aryl methyl sites for hydroxylation is 1. The molecule has 0 radical (unpaired) electrons. The first-order chi connectivity index (χ1) is 5.27. The highest BCUT2D eigenvalue weighted by Crippen LogP contribution is 2.06. The van der Waals surface area contributed by atoms with E-state index in [4.69, 9.17) is 5.73 Å². The second kappa shape index (κ2) is 1.95. The van der Waals surface area contributed by atoms with Crippen molar-refractivity contribution in [2.24, 2.45) is 0 Å². The van der Waals surface area contributed by atoms with Crippen LogP contribution in [0.5, 0.6) is 0 Å². The van der Waals surface area contributed by atoms with E-state index in [2.05, 4.69) is 9.97 Å². The predicted octanol–water partition coefficient (Wildman–Crippen LogP) is 0.620. The van der Waals surface area contributed by atoms with E-state index in [1.54, 1.807) is 12.4 Å². The molecule has 0 atom stereocenters. The van der Waals surface area contributed by atoms with Gasteiger partial charge in [-0.3, -0.25) is 9.38 Å². The van der Waals surface area contributed by atoms with Crippen molar-refractivity contribution in [3.05, 3.63) is 24.3 Å². The van der Waals surface area contributed by atoms with Crippen molar-refractivity contribution >= 4 is 11.5 Å². The van der Waals surface area contributed by atoms with Gasteiger partial charge in [0.15, 0.2) is 5.65 Å². The summed E-state index contributed by atoms with van der Waals surface area (Å²) in [5.74, 6) is 0.614. The van der Waals surface area contributed by atoms with Crippen molar-refractivity contribution in [1.82, 2.24) is 14.4 Å². The molecule has 0 spiro atoms. The zero-order valence-corrected chi connectivity index (χ0v) is 6.15. The number of anilines is 1. The number of hydrogen-bond acceptors (Lipinski definition) is 3. The molecule has 2 N–H and O–H groups in total. The van der Waals surface area contributed by atoms with Gasteiger partial charge < -0.3 is 5.73 Å². The molecule has 0 bridgehead atoms. The lowest BCUT2D eigenvalue weighted by Gasteiger charge is -1.94. The molecule has 0 unspecified atom stereocenters. The van der Waals surface area contributed by atoms with Crippen LogP contribution in [-0.4, -0.2) is 14.4 Å². The lowest BCUT2D eigenvalue weighted by Crippen LogP contribution is -1.95. The van der Waals surface area contributed by atoms with Gasteiger partial charge >= 0.3 is 0 Å². The topological polar surface area (TPSA) is 56.2 Å². The van der Waals surface area contributed by atoms with Crippen LogP contribution in [-0.2, 0) is 0 Å². The summed E-state index contributed by atoms with van der Waals surface area (Å²) in [6.07, 6.45) is 5.17. The number of nitrogen functional groups attached to an aromatic ring is 1. The molecule has 56 valence electrons. The Morgan fingerprint density at radius 1 is 1.45 bits per heavy atom. The van der Waals surface area contributed by atoms with Crippen molar-refractivity contribution in [2.45, 2.75) is 6.92 Å². The van der Waals surface area contributed by atoms with Crippen LogP contribution in [0.25, 0.3) is 5.65 Å². The molecule has 0 aliphatic heterocycles. The van der Waals surface area contributed by atoms with Gasteiger partial charge in [-0.2, -0.15) is 0 Å². The maximum absolute atomic E-state index is 5.63. The molecule has 0 amide bonds. The molecule has 0 saturated carbocycles. The minimum Gasteiger partial charge on any atom is -0.383 e. The average Bonchev–Trinajstić information content (AvgIpc) is 2.31. The molecule has 2 aromatic rings. The minimum absolute atomic E-state index is 0.614. The number of hydrogen-bond donors (Lipinski definition) is 1. The summed E-state index contributed by atoms with van der Waals surface area (Å²) >= 11 is 0. The van der Waals surface area contributed by atoms with Gasteiger partial charge in [-0.15, -0.1) is 0 Å². The van der Waals surface area contributed by atoms with Gasteiger partial charge in [-0.05, 0) is 6.92 Å². The van der Waals surface area contributed by atoms with E-state index in [0.29, 0.717) is 5.82 Å². The van der Waals surface area contributed by atoms with Crippen LogP contribution < -0.4 is 5.73 Å². The Bertz CT molecular complexity index is 390. The number of rotatable bonds is 0. The summed E-state index contributed by atoms with van der Waals surface area (Å²) in [6.45, 7) is 1.92. The quantitative estimate of drug-likeness (QED) is 0.595. The number of nitrogens with zero attached hydrogens (tertiary/aromatic N) is 3. The summed E-state index contributed by atoms with van der Waals surface area (Å²) < 4.78 is 1.81. The molecule has 0 aliphatic rings. The first-order valence-corrected chi connectivity index (χ1v) is 3.32. The maximum atomic E-state index is 5.63. The van der Waals surface area contributed by atoms with Crippen LogP contribution in [0.4, 0.5) is 5.82 Å². The average molecular weight is 148 g/mol. The zero-order valence-electron chi connectivity index (χ0n) is 6.15. The van der Waals surface area contributed by atoms with Gasteiger partial charge in [-0.1, -0.05) is 0 Å². The van der Waals surface area contributed by atoms with E-state index in [1.165, 1.54) is 0 Å². The lowest BCUT2D eigenvalue weighted by molar-refractivity contribution is 1.14. The highest BCUT2D eigenvalue weighted by atomic mass is 15.1. The summed E-state index contributed by atoms with van der Waals surface area (Å²) in [4.78, 5) is 8.11. The summed E-state index contributed by atoms with van der Waals surface area (Å²) in [5, 5.41) is 0. The molecular weight excluding hydrogens is 140 g/mol. The summed E-state index contributed by atoms with van der Waals surface area (Å²) in [6, 6.07) is 0. The molecular formula is C7H8N4. The lowest BCUT2D eigenvalue weighted by atomic mass is 10.6. The summed E-state index contributed by atoms with van der Waals surface area (Å²) in [7, 11) is 0. The van der Waals surface area contributed by atoms with Crippen molar-refractivity contribution in [3.63, 3.8) is 0 Å². The summed E-state index contributed by atoms with van der Waals surface area (Å²) in [5.41, 5.74) is 7.37. The van der Waals surface area contributed by atoms with E-state index in [1.807, 2.05) is 17.5 Å². The Hall–Kier alpha value is -1.58. The van der Waals surface area contributed by atoms with Gasteiger partial charge in [0, 0.05) is 6.20 Å². The SMILES string of the molecule is Cc1cn2c(N)cncc2n1. The molecule has 2 heterocycles. The van der Waals surface area contributed by atoms with Gasteiger partial charge in [-0.25, -0.2) is 4.98 Å². The van der Waals surface area contributed by atoms with Crippen LogP contribution in [0.1, 0.15) is 5.69 Å². The monoisotopic (exact) mass is 148 g/mol. The Morgan fingerprint density at radius 3 is 3.00 bits per heavy atom. The van der Waals surface area contributed by atoms with Crippen molar-refractivity contribution in [1.29, 1.82) is 0 Å².